The number of anilines is 1. The van der Waals surface area contributed by atoms with Crippen LogP contribution >= 0.6 is 0 Å². The van der Waals surface area contributed by atoms with Crippen LogP contribution in [0.4, 0.5) is 10.2 Å². The van der Waals surface area contributed by atoms with Crippen molar-refractivity contribution in [3.05, 3.63) is 24.1 Å². The molecular weight excluding hydrogens is 195 g/mol. The van der Waals surface area contributed by atoms with Crippen LogP contribution in [0.15, 0.2) is 18.3 Å². The van der Waals surface area contributed by atoms with E-state index in [0.29, 0.717) is 25.2 Å². The zero-order chi connectivity index (χ0) is 11.3. The molecule has 0 unspecified atom stereocenters. The van der Waals surface area contributed by atoms with E-state index in [1.165, 1.54) is 6.07 Å². The van der Waals surface area contributed by atoms with Gasteiger partial charge in [0.05, 0.1) is 11.8 Å². The lowest BCUT2D eigenvalue weighted by molar-refractivity contribution is 0.0456. The molecule has 0 aliphatic heterocycles. The number of halogens is 1. The third-order valence-corrected chi connectivity index (χ3v) is 2.64. The molecule has 0 fully saturated rings. The van der Waals surface area contributed by atoms with Crippen molar-refractivity contribution < 1.29 is 9.50 Å². The van der Waals surface area contributed by atoms with Crippen LogP contribution in [0.5, 0.6) is 0 Å². The molecule has 0 bridgehead atoms. The molecule has 0 saturated carbocycles. The van der Waals surface area contributed by atoms with Crippen molar-refractivity contribution in [1.29, 1.82) is 0 Å². The second-order valence-electron chi connectivity index (χ2n) is 3.65. The molecule has 0 aliphatic carbocycles. The Morgan fingerprint density at radius 1 is 1.40 bits per heavy atom. The minimum absolute atomic E-state index is 0.359. The van der Waals surface area contributed by atoms with Gasteiger partial charge in [0, 0.05) is 6.54 Å². The molecular formula is C11H17FN2O. The van der Waals surface area contributed by atoms with E-state index >= 15 is 0 Å². The molecule has 0 aromatic carbocycles. The Labute approximate surface area is 89.4 Å². The highest BCUT2D eigenvalue weighted by Gasteiger charge is 2.21. The Balaban J connectivity index is 2.53. The predicted octanol–water partition coefficient (Wildman–Crippen LogP) is 2.18. The van der Waals surface area contributed by atoms with E-state index in [4.69, 9.17) is 0 Å². The number of aromatic nitrogens is 1. The maximum atomic E-state index is 12.6. The second-order valence-corrected chi connectivity index (χ2v) is 3.65. The fourth-order valence-corrected chi connectivity index (χ4v) is 1.24. The Morgan fingerprint density at radius 2 is 2.07 bits per heavy atom. The summed E-state index contributed by atoms with van der Waals surface area (Å²) >= 11 is 0. The van der Waals surface area contributed by atoms with Crippen LogP contribution in [0.25, 0.3) is 0 Å². The van der Waals surface area contributed by atoms with Crippen molar-refractivity contribution in [2.24, 2.45) is 0 Å². The molecule has 0 saturated heterocycles. The van der Waals surface area contributed by atoms with E-state index in [2.05, 4.69) is 10.3 Å². The molecule has 2 N–H and O–H groups in total. The van der Waals surface area contributed by atoms with E-state index in [1.54, 1.807) is 6.07 Å². The van der Waals surface area contributed by atoms with Crippen molar-refractivity contribution in [3.8, 4) is 0 Å². The Bertz CT molecular complexity index is 296. The van der Waals surface area contributed by atoms with E-state index in [9.17, 15) is 9.50 Å². The number of nitrogens with zero attached hydrogens (tertiary/aromatic N) is 1. The average Bonchev–Trinajstić information content (AvgIpc) is 2.28. The topological polar surface area (TPSA) is 45.1 Å². The van der Waals surface area contributed by atoms with Crippen molar-refractivity contribution in [2.45, 2.75) is 32.3 Å². The molecule has 1 rings (SSSR count). The van der Waals surface area contributed by atoms with Crippen LogP contribution in [0.2, 0.25) is 0 Å². The highest BCUT2D eigenvalue weighted by Crippen LogP contribution is 2.15. The largest absolute Gasteiger partial charge is 0.388 e. The van der Waals surface area contributed by atoms with Gasteiger partial charge < -0.3 is 10.4 Å². The minimum atomic E-state index is -0.712. The number of hydrogen-bond donors (Lipinski definition) is 2. The fraction of sp³-hybridized carbons (Fsp3) is 0.545. The lowest BCUT2D eigenvalue weighted by Crippen LogP contribution is -2.35. The molecule has 3 nitrogen and oxygen atoms in total. The average molecular weight is 212 g/mol. The number of rotatable bonds is 5. The first-order chi connectivity index (χ1) is 7.09. The van der Waals surface area contributed by atoms with Crippen LogP contribution in [0, 0.1) is 5.82 Å². The molecule has 84 valence electrons. The van der Waals surface area contributed by atoms with Gasteiger partial charge in [0.15, 0.2) is 0 Å². The van der Waals surface area contributed by atoms with Gasteiger partial charge in [-0.1, -0.05) is 13.8 Å². The summed E-state index contributed by atoms with van der Waals surface area (Å²) in [4.78, 5) is 3.85. The molecule has 0 aliphatic rings. The summed E-state index contributed by atoms with van der Waals surface area (Å²) in [6, 6.07) is 2.90. The molecule has 0 radical (unpaired) electrons. The smallest absolute Gasteiger partial charge is 0.141 e. The lowest BCUT2D eigenvalue weighted by Gasteiger charge is -2.25. The van der Waals surface area contributed by atoms with Crippen LogP contribution < -0.4 is 5.32 Å². The summed E-state index contributed by atoms with van der Waals surface area (Å²) in [6.45, 7) is 4.30. The zero-order valence-corrected chi connectivity index (χ0v) is 9.13. The first-order valence-corrected chi connectivity index (χ1v) is 5.17. The molecule has 0 amide bonds. The van der Waals surface area contributed by atoms with Crippen molar-refractivity contribution in [2.75, 3.05) is 11.9 Å². The van der Waals surface area contributed by atoms with E-state index in [-0.39, 0.29) is 5.82 Å². The first-order valence-electron chi connectivity index (χ1n) is 5.17. The third-order valence-electron chi connectivity index (χ3n) is 2.64. The Morgan fingerprint density at radius 3 is 2.53 bits per heavy atom. The predicted molar refractivity (Wildman–Crippen MR) is 58.2 cm³/mol. The van der Waals surface area contributed by atoms with E-state index in [1.807, 2.05) is 13.8 Å². The Hall–Kier alpha value is -1.16. The second kappa shape index (κ2) is 5.07. The van der Waals surface area contributed by atoms with Gasteiger partial charge in [-0.25, -0.2) is 9.37 Å². The van der Waals surface area contributed by atoms with E-state index in [0.717, 1.165) is 6.20 Å². The maximum absolute atomic E-state index is 12.6. The SMILES string of the molecule is CCC(O)(CC)CNc1ccc(F)cn1. The normalized spacial score (nSPS) is 11.5. The van der Waals surface area contributed by atoms with Crippen LogP contribution in [0.3, 0.4) is 0 Å². The van der Waals surface area contributed by atoms with Crippen molar-refractivity contribution in [1.82, 2.24) is 4.98 Å². The summed E-state index contributed by atoms with van der Waals surface area (Å²) in [5, 5.41) is 13.0. The number of aliphatic hydroxyl groups is 1. The van der Waals surface area contributed by atoms with Gasteiger partial charge in [0.25, 0.3) is 0 Å². The lowest BCUT2D eigenvalue weighted by atomic mass is 9.98. The number of hydrogen-bond acceptors (Lipinski definition) is 3. The van der Waals surface area contributed by atoms with E-state index < -0.39 is 5.60 Å². The number of nitrogens with one attached hydrogen (secondary N) is 1. The van der Waals surface area contributed by atoms with Gasteiger partial charge in [-0.2, -0.15) is 0 Å². The van der Waals surface area contributed by atoms with Crippen LogP contribution in [-0.4, -0.2) is 22.2 Å². The fourth-order valence-electron chi connectivity index (χ4n) is 1.24. The van der Waals surface area contributed by atoms with Gasteiger partial charge in [-0.15, -0.1) is 0 Å². The molecule has 15 heavy (non-hydrogen) atoms. The van der Waals surface area contributed by atoms with Gasteiger partial charge >= 0.3 is 0 Å². The molecule has 1 aromatic rings. The summed E-state index contributed by atoms with van der Waals surface area (Å²) in [6.07, 6.45) is 2.51. The molecule has 0 atom stereocenters. The minimum Gasteiger partial charge on any atom is -0.388 e. The highest BCUT2D eigenvalue weighted by atomic mass is 19.1. The third kappa shape index (κ3) is 3.47. The standard InChI is InChI=1S/C11H17FN2O/c1-3-11(15,4-2)8-14-10-6-5-9(12)7-13-10/h5-7,15H,3-4,8H2,1-2H3,(H,13,14). The Kier molecular flexibility index (Phi) is 4.03. The van der Waals surface area contributed by atoms with Crippen LogP contribution in [0.1, 0.15) is 26.7 Å². The zero-order valence-electron chi connectivity index (χ0n) is 9.13. The van der Waals surface area contributed by atoms with Crippen molar-refractivity contribution in [3.63, 3.8) is 0 Å². The summed E-state index contributed by atoms with van der Waals surface area (Å²) < 4.78 is 12.6. The molecule has 1 aromatic heterocycles. The monoisotopic (exact) mass is 212 g/mol. The first kappa shape index (κ1) is 11.9. The molecule has 0 spiro atoms. The van der Waals surface area contributed by atoms with Crippen LogP contribution in [-0.2, 0) is 0 Å². The molecule has 1 heterocycles. The highest BCUT2D eigenvalue weighted by molar-refractivity contribution is 5.33. The van der Waals surface area contributed by atoms with Gasteiger partial charge in [-0.3, -0.25) is 0 Å². The van der Waals surface area contributed by atoms with Gasteiger partial charge in [0.1, 0.15) is 11.6 Å². The van der Waals surface area contributed by atoms with Crippen molar-refractivity contribution >= 4 is 5.82 Å². The summed E-state index contributed by atoms with van der Waals surface area (Å²) in [5.41, 5.74) is -0.712. The maximum Gasteiger partial charge on any atom is 0.141 e. The molecule has 4 heteroatoms. The quantitative estimate of drug-likeness (QED) is 0.786. The summed E-state index contributed by atoms with van der Waals surface area (Å²) in [5.74, 6) is 0.221. The van der Waals surface area contributed by atoms with Gasteiger partial charge in [-0.05, 0) is 25.0 Å². The number of pyridine rings is 1. The summed E-state index contributed by atoms with van der Waals surface area (Å²) in [7, 11) is 0. The van der Waals surface area contributed by atoms with Gasteiger partial charge in [0.2, 0.25) is 0 Å².